The predicted molar refractivity (Wildman–Crippen MR) is 53.8 cm³/mol. The average Bonchev–Trinajstić information content (AvgIpc) is 2.20. The van der Waals surface area contributed by atoms with E-state index in [1.807, 2.05) is 0 Å². The molecule has 0 spiro atoms. The van der Waals surface area contributed by atoms with Gasteiger partial charge in [0, 0.05) is 12.7 Å². The highest BCUT2D eigenvalue weighted by atomic mass is 19.1. The Hall–Kier alpha value is -1.75. The summed E-state index contributed by atoms with van der Waals surface area (Å²) < 4.78 is 12.9. The molecule has 0 aliphatic carbocycles. The van der Waals surface area contributed by atoms with Crippen LogP contribution in [0.1, 0.15) is 12.0 Å². The molecule has 80 valence electrons. The maximum absolute atomic E-state index is 12.9. The van der Waals surface area contributed by atoms with Crippen LogP contribution in [0.5, 0.6) is 0 Å². The van der Waals surface area contributed by atoms with E-state index in [0.29, 0.717) is 12.0 Å². The number of aliphatic hydroxyl groups is 1. The first-order valence-electron chi connectivity index (χ1n) is 4.36. The van der Waals surface area contributed by atoms with Gasteiger partial charge >= 0.3 is 5.69 Å². The topological polar surface area (TPSA) is 63.4 Å². The number of benzene rings is 1. The van der Waals surface area contributed by atoms with Crippen molar-refractivity contribution in [3.63, 3.8) is 0 Å². The fourth-order valence-corrected chi connectivity index (χ4v) is 1.07. The standard InChI is InChI=1S/C10H10FNO3/c11-9-5-4-8(3-1-2-6-13)7-10(9)12(14)15/h1,3-5,7,13H,2,6H2. The van der Waals surface area contributed by atoms with Gasteiger partial charge in [-0.15, -0.1) is 0 Å². The van der Waals surface area contributed by atoms with Crippen LogP contribution in [-0.2, 0) is 0 Å². The summed E-state index contributed by atoms with van der Waals surface area (Å²) in [5.74, 6) is -0.848. The van der Waals surface area contributed by atoms with E-state index in [0.717, 1.165) is 12.1 Å². The average molecular weight is 211 g/mol. The minimum atomic E-state index is -0.848. The van der Waals surface area contributed by atoms with Crippen molar-refractivity contribution in [1.29, 1.82) is 0 Å². The molecular weight excluding hydrogens is 201 g/mol. The molecule has 1 aromatic carbocycles. The molecule has 1 aromatic rings. The van der Waals surface area contributed by atoms with E-state index < -0.39 is 16.4 Å². The summed E-state index contributed by atoms with van der Waals surface area (Å²) in [4.78, 5) is 9.64. The van der Waals surface area contributed by atoms with E-state index >= 15 is 0 Å². The fraction of sp³-hybridized carbons (Fsp3) is 0.200. The molecule has 1 rings (SSSR count). The SMILES string of the molecule is O=[N+]([O-])c1cc(C=CCCO)ccc1F. The highest BCUT2D eigenvalue weighted by molar-refractivity contribution is 5.53. The number of aliphatic hydroxyl groups excluding tert-OH is 1. The summed E-state index contributed by atoms with van der Waals surface area (Å²) in [6.07, 6.45) is 3.73. The van der Waals surface area contributed by atoms with Crippen LogP contribution in [0.25, 0.3) is 6.08 Å². The maximum Gasteiger partial charge on any atom is 0.305 e. The lowest BCUT2D eigenvalue weighted by atomic mass is 10.1. The van der Waals surface area contributed by atoms with Gasteiger partial charge in [-0.05, 0) is 18.1 Å². The molecule has 0 atom stereocenters. The normalized spacial score (nSPS) is 10.8. The van der Waals surface area contributed by atoms with Crippen LogP contribution in [0.3, 0.4) is 0 Å². The molecule has 4 nitrogen and oxygen atoms in total. The molecule has 5 heteroatoms. The van der Waals surface area contributed by atoms with Crippen molar-refractivity contribution in [2.75, 3.05) is 6.61 Å². The Morgan fingerprint density at radius 2 is 2.27 bits per heavy atom. The number of rotatable bonds is 4. The molecule has 0 saturated heterocycles. The van der Waals surface area contributed by atoms with Crippen LogP contribution in [0.15, 0.2) is 24.3 Å². The van der Waals surface area contributed by atoms with Crippen LogP contribution >= 0.6 is 0 Å². The lowest BCUT2D eigenvalue weighted by molar-refractivity contribution is -0.387. The number of hydrogen-bond donors (Lipinski definition) is 1. The van der Waals surface area contributed by atoms with Crippen molar-refractivity contribution in [2.24, 2.45) is 0 Å². The van der Waals surface area contributed by atoms with Crippen molar-refractivity contribution in [3.8, 4) is 0 Å². The van der Waals surface area contributed by atoms with Gasteiger partial charge in [-0.1, -0.05) is 18.2 Å². The minimum Gasteiger partial charge on any atom is -0.396 e. The van der Waals surface area contributed by atoms with E-state index in [-0.39, 0.29) is 6.61 Å². The lowest BCUT2D eigenvalue weighted by Gasteiger charge is -1.96. The molecule has 0 amide bonds. The molecule has 0 aromatic heterocycles. The van der Waals surface area contributed by atoms with E-state index in [4.69, 9.17) is 5.11 Å². The largest absolute Gasteiger partial charge is 0.396 e. The molecule has 15 heavy (non-hydrogen) atoms. The second-order valence-electron chi connectivity index (χ2n) is 2.88. The van der Waals surface area contributed by atoms with Gasteiger partial charge in [0.1, 0.15) is 0 Å². The molecule has 0 saturated carbocycles. The molecule has 0 unspecified atom stereocenters. The van der Waals surface area contributed by atoms with Gasteiger partial charge in [0.25, 0.3) is 0 Å². The van der Waals surface area contributed by atoms with Gasteiger partial charge in [0.05, 0.1) is 4.92 Å². The van der Waals surface area contributed by atoms with Gasteiger partial charge in [-0.25, -0.2) is 0 Å². The third-order valence-corrected chi connectivity index (χ3v) is 1.77. The third kappa shape index (κ3) is 3.14. The Balaban J connectivity index is 2.92. The highest BCUT2D eigenvalue weighted by Gasteiger charge is 2.12. The molecule has 0 aliphatic rings. The zero-order chi connectivity index (χ0) is 11.3. The zero-order valence-electron chi connectivity index (χ0n) is 7.89. The van der Waals surface area contributed by atoms with E-state index in [1.165, 1.54) is 6.07 Å². The summed E-state index contributed by atoms with van der Waals surface area (Å²) in [6, 6.07) is 3.65. The van der Waals surface area contributed by atoms with E-state index in [9.17, 15) is 14.5 Å². The summed E-state index contributed by atoms with van der Waals surface area (Å²) in [7, 11) is 0. The number of nitrogens with zero attached hydrogens (tertiary/aromatic N) is 1. The predicted octanol–water partition coefficient (Wildman–Crippen LogP) is 2.13. The maximum atomic E-state index is 12.9. The molecule has 0 heterocycles. The van der Waals surface area contributed by atoms with Gasteiger partial charge in [-0.3, -0.25) is 10.1 Å². The van der Waals surface area contributed by atoms with Crippen LogP contribution < -0.4 is 0 Å². The molecule has 1 N–H and O–H groups in total. The first kappa shape index (κ1) is 11.3. The van der Waals surface area contributed by atoms with Crippen LogP contribution in [-0.4, -0.2) is 16.6 Å². The van der Waals surface area contributed by atoms with Crippen molar-refractivity contribution in [2.45, 2.75) is 6.42 Å². The van der Waals surface area contributed by atoms with Crippen molar-refractivity contribution in [3.05, 3.63) is 45.8 Å². The smallest absolute Gasteiger partial charge is 0.305 e. The number of nitro benzene ring substituents is 1. The Kier molecular flexibility index (Phi) is 3.93. The molecule has 0 radical (unpaired) electrons. The van der Waals surface area contributed by atoms with E-state index in [2.05, 4.69) is 0 Å². The lowest BCUT2D eigenvalue weighted by Crippen LogP contribution is -1.92. The molecule has 0 aliphatic heterocycles. The monoisotopic (exact) mass is 211 g/mol. The van der Waals surface area contributed by atoms with Crippen LogP contribution in [0, 0.1) is 15.9 Å². The van der Waals surface area contributed by atoms with Crippen molar-refractivity contribution in [1.82, 2.24) is 0 Å². The molecule has 0 bridgehead atoms. The number of hydrogen-bond acceptors (Lipinski definition) is 3. The fourth-order valence-electron chi connectivity index (χ4n) is 1.07. The third-order valence-electron chi connectivity index (χ3n) is 1.77. The first-order valence-corrected chi connectivity index (χ1v) is 4.36. The Morgan fingerprint density at radius 3 is 2.87 bits per heavy atom. The van der Waals surface area contributed by atoms with Gasteiger partial charge in [-0.2, -0.15) is 4.39 Å². The van der Waals surface area contributed by atoms with Crippen molar-refractivity contribution < 1.29 is 14.4 Å². The van der Waals surface area contributed by atoms with E-state index in [1.54, 1.807) is 12.2 Å². The summed E-state index contributed by atoms with van der Waals surface area (Å²) in [5, 5.41) is 18.9. The second-order valence-corrected chi connectivity index (χ2v) is 2.88. The zero-order valence-corrected chi connectivity index (χ0v) is 7.89. The Labute approximate surface area is 85.8 Å². The summed E-state index contributed by atoms with van der Waals surface area (Å²) in [5.41, 5.74) is -0.00213. The van der Waals surface area contributed by atoms with Gasteiger partial charge < -0.3 is 5.11 Å². The second kappa shape index (κ2) is 5.21. The molecular formula is C10H10FNO3. The molecule has 0 fully saturated rings. The first-order chi connectivity index (χ1) is 7.15. The van der Waals surface area contributed by atoms with Crippen LogP contribution in [0.2, 0.25) is 0 Å². The number of nitro groups is 1. The van der Waals surface area contributed by atoms with Gasteiger partial charge in [0.15, 0.2) is 0 Å². The Morgan fingerprint density at radius 1 is 1.53 bits per heavy atom. The van der Waals surface area contributed by atoms with Crippen molar-refractivity contribution >= 4 is 11.8 Å². The highest BCUT2D eigenvalue weighted by Crippen LogP contribution is 2.19. The van der Waals surface area contributed by atoms with Gasteiger partial charge in [0.2, 0.25) is 5.82 Å². The summed E-state index contributed by atoms with van der Waals surface area (Å²) in [6.45, 7) is 0.0137. The minimum absolute atomic E-state index is 0.0137. The Bertz CT molecular complexity index is 390. The quantitative estimate of drug-likeness (QED) is 0.612. The van der Waals surface area contributed by atoms with Crippen LogP contribution in [0.4, 0.5) is 10.1 Å². The number of halogens is 1. The summed E-state index contributed by atoms with van der Waals surface area (Å²) >= 11 is 0.